The van der Waals surface area contributed by atoms with Crippen LogP contribution in [0, 0.1) is 0 Å². The number of hydrogen-bond donors (Lipinski definition) is 1. The highest BCUT2D eigenvalue weighted by molar-refractivity contribution is 6.00. The van der Waals surface area contributed by atoms with Gasteiger partial charge in [0.05, 0.1) is 5.56 Å². The molecule has 4 aromatic rings. The van der Waals surface area contributed by atoms with E-state index in [1.165, 1.54) is 6.33 Å². The zero-order valence-corrected chi connectivity index (χ0v) is 14.9. The second-order valence-corrected chi connectivity index (χ2v) is 6.48. The van der Waals surface area contributed by atoms with Crippen LogP contribution in [0.4, 0.5) is 5.82 Å². The number of nitrogens with zero attached hydrogens (tertiary/aromatic N) is 8. The number of fused-ring (bicyclic) bond motifs is 1. The van der Waals surface area contributed by atoms with Crippen molar-refractivity contribution in [3.63, 3.8) is 0 Å². The Morgan fingerprint density at radius 2 is 1.89 bits per heavy atom. The molecule has 0 saturated carbocycles. The number of benzene rings is 1. The highest BCUT2D eigenvalue weighted by atomic mass is 16.2. The molecule has 3 aromatic heterocycles. The van der Waals surface area contributed by atoms with Gasteiger partial charge in [0.1, 0.15) is 18.5 Å². The van der Waals surface area contributed by atoms with E-state index in [-0.39, 0.29) is 5.91 Å². The maximum Gasteiger partial charge on any atom is 0.254 e. The molecule has 1 saturated heterocycles. The minimum absolute atomic E-state index is 0.00568. The summed E-state index contributed by atoms with van der Waals surface area (Å²) in [6.07, 6.45) is 3.02. The average molecular weight is 375 g/mol. The predicted octanol–water partition coefficient (Wildman–Crippen LogP) is 0.872. The van der Waals surface area contributed by atoms with Crippen LogP contribution in [0.2, 0.25) is 0 Å². The van der Waals surface area contributed by atoms with Crippen LogP contribution in [-0.4, -0.2) is 72.0 Å². The number of aromatic amines is 1. The van der Waals surface area contributed by atoms with Crippen molar-refractivity contribution in [2.45, 2.75) is 0 Å². The molecule has 1 aliphatic rings. The van der Waals surface area contributed by atoms with Gasteiger partial charge < -0.3 is 9.80 Å². The summed E-state index contributed by atoms with van der Waals surface area (Å²) in [6.45, 7) is 2.64. The van der Waals surface area contributed by atoms with Crippen LogP contribution >= 0.6 is 0 Å². The first kappa shape index (κ1) is 16.4. The number of H-pyrrole nitrogens is 1. The molecule has 1 aliphatic heterocycles. The number of amides is 1. The number of rotatable bonds is 3. The molecule has 28 heavy (non-hydrogen) atoms. The largest absolute Gasteiger partial charge is 0.352 e. The van der Waals surface area contributed by atoms with E-state index < -0.39 is 0 Å². The fraction of sp³-hybridized carbons (Fsp3) is 0.222. The van der Waals surface area contributed by atoms with E-state index in [1.54, 1.807) is 10.8 Å². The Hall–Kier alpha value is -3.82. The monoisotopic (exact) mass is 375 g/mol. The predicted molar refractivity (Wildman–Crippen MR) is 101 cm³/mol. The molecule has 0 spiro atoms. The van der Waals surface area contributed by atoms with Crippen molar-refractivity contribution < 1.29 is 4.79 Å². The van der Waals surface area contributed by atoms with Crippen LogP contribution in [0.5, 0.6) is 0 Å². The van der Waals surface area contributed by atoms with Crippen molar-refractivity contribution in [3.05, 3.63) is 54.6 Å². The van der Waals surface area contributed by atoms with E-state index in [9.17, 15) is 4.79 Å². The van der Waals surface area contributed by atoms with Gasteiger partial charge in [-0.25, -0.2) is 4.98 Å². The van der Waals surface area contributed by atoms with Crippen LogP contribution in [0.1, 0.15) is 10.4 Å². The van der Waals surface area contributed by atoms with E-state index in [0.29, 0.717) is 43.2 Å². The molecule has 1 aromatic carbocycles. The first-order valence-electron chi connectivity index (χ1n) is 8.96. The summed E-state index contributed by atoms with van der Waals surface area (Å²) < 4.78 is 1.65. The zero-order valence-electron chi connectivity index (χ0n) is 14.9. The number of nitrogens with one attached hydrogen (secondary N) is 1. The van der Waals surface area contributed by atoms with Crippen molar-refractivity contribution >= 4 is 17.4 Å². The van der Waals surface area contributed by atoms with Gasteiger partial charge in [-0.3, -0.25) is 9.89 Å². The van der Waals surface area contributed by atoms with Crippen LogP contribution in [0.15, 0.2) is 49.1 Å². The van der Waals surface area contributed by atoms with Gasteiger partial charge >= 0.3 is 0 Å². The summed E-state index contributed by atoms with van der Waals surface area (Å²) >= 11 is 0. The normalized spacial score (nSPS) is 14.6. The number of carbonyl (C=O) groups is 1. The highest BCUT2D eigenvalue weighted by Gasteiger charge is 2.25. The summed E-state index contributed by atoms with van der Waals surface area (Å²) in [6, 6.07) is 11.3. The smallest absolute Gasteiger partial charge is 0.254 e. The second-order valence-electron chi connectivity index (χ2n) is 6.48. The van der Waals surface area contributed by atoms with Gasteiger partial charge in [-0.2, -0.15) is 9.61 Å². The van der Waals surface area contributed by atoms with Crippen molar-refractivity contribution in [1.29, 1.82) is 0 Å². The Balaban J connectivity index is 1.32. The maximum absolute atomic E-state index is 13.1. The number of piperazine rings is 1. The maximum atomic E-state index is 13.1. The average Bonchev–Trinajstić information content (AvgIpc) is 3.45. The Morgan fingerprint density at radius 3 is 2.71 bits per heavy atom. The second kappa shape index (κ2) is 6.72. The lowest BCUT2D eigenvalue weighted by atomic mass is 10.1. The molecular weight excluding hydrogens is 358 g/mol. The fourth-order valence-corrected chi connectivity index (χ4v) is 3.41. The van der Waals surface area contributed by atoms with Crippen LogP contribution in [0.3, 0.4) is 0 Å². The third kappa shape index (κ3) is 2.84. The quantitative estimate of drug-likeness (QED) is 0.566. The van der Waals surface area contributed by atoms with Gasteiger partial charge in [0.15, 0.2) is 11.5 Å². The molecule has 1 amide bonds. The van der Waals surface area contributed by atoms with Crippen molar-refractivity contribution in [2.24, 2.45) is 0 Å². The number of anilines is 1. The SMILES string of the molecule is O=C(c1ccccc1-c1ncn[nH]1)N1CCN(c2ccc3nncn3n2)CC1. The van der Waals surface area contributed by atoms with Crippen LogP contribution < -0.4 is 4.90 Å². The standard InChI is InChI=1S/C18H17N9O/c28-18(14-4-2-1-3-13(14)17-19-11-20-23-17)26-9-7-25(8-10-26)16-6-5-15-22-21-12-27(15)24-16/h1-6,11-12H,7-10H2,(H,19,20,23). The Morgan fingerprint density at radius 1 is 1.04 bits per heavy atom. The van der Waals surface area contributed by atoms with Gasteiger partial charge in [-0.1, -0.05) is 18.2 Å². The summed E-state index contributed by atoms with van der Waals surface area (Å²) in [7, 11) is 0. The first-order chi connectivity index (χ1) is 13.8. The molecule has 0 unspecified atom stereocenters. The third-order valence-electron chi connectivity index (χ3n) is 4.87. The van der Waals surface area contributed by atoms with Crippen molar-refractivity contribution in [2.75, 3.05) is 31.1 Å². The molecular formula is C18H17N9O. The van der Waals surface area contributed by atoms with E-state index in [4.69, 9.17) is 0 Å². The van der Waals surface area contributed by atoms with Gasteiger partial charge in [-0.15, -0.1) is 15.3 Å². The number of hydrogen-bond acceptors (Lipinski definition) is 7. The van der Waals surface area contributed by atoms with Gasteiger partial charge in [0.25, 0.3) is 5.91 Å². The molecule has 1 N–H and O–H groups in total. The molecule has 4 heterocycles. The lowest BCUT2D eigenvalue weighted by Crippen LogP contribution is -2.49. The molecule has 0 radical (unpaired) electrons. The van der Waals surface area contributed by atoms with Gasteiger partial charge in [-0.05, 0) is 18.2 Å². The summed E-state index contributed by atoms with van der Waals surface area (Å²) in [5, 5.41) is 19.1. The highest BCUT2D eigenvalue weighted by Crippen LogP contribution is 2.22. The fourth-order valence-electron chi connectivity index (χ4n) is 3.41. The number of carbonyl (C=O) groups excluding carboxylic acids is 1. The molecule has 10 nitrogen and oxygen atoms in total. The molecule has 10 heteroatoms. The van der Waals surface area contributed by atoms with Crippen molar-refractivity contribution in [3.8, 4) is 11.4 Å². The topological polar surface area (TPSA) is 108 Å². The van der Waals surface area contributed by atoms with Gasteiger partial charge in [0.2, 0.25) is 0 Å². The number of aromatic nitrogens is 7. The van der Waals surface area contributed by atoms with Crippen LogP contribution in [0.25, 0.3) is 17.0 Å². The molecule has 1 fully saturated rings. The third-order valence-corrected chi connectivity index (χ3v) is 4.87. The van der Waals surface area contributed by atoms with Crippen molar-refractivity contribution in [1.82, 2.24) is 39.9 Å². The lowest BCUT2D eigenvalue weighted by Gasteiger charge is -2.35. The van der Waals surface area contributed by atoms with Crippen LogP contribution in [-0.2, 0) is 0 Å². The molecule has 0 bridgehead atoms. The molecule has 0 aliphatic carbocycles. The molecule has 140 valence electrons. The van der Waals surface area contributed by atoms with E-state index in [0.717, 1.165) is 11.4 Å². The van der Waals surface area contributed by atoms with E-state index >= 15 is 0 Å². The Bertz CT molecular complexity index is 1110. The first-order valence-corrected chi connectivity index (χ1v) is 8.96. The van der Waals surface area contributed by atoms with Gasteiger partial charge in [0, 0.05) is 31.7 Å². The van der Waals surface area contributed by atoms with E-state index in [2.05, 4.69) is 35.4 Å². The summed E-state index contributed by atoms with van der Waals surface area (Å²) in [5.74, 6) is 1.43. The Kier molecular flexibility index (Phi) is 3.93. The zero-order chi connectivity index (χ0) is 18.9. The summed E-state index contributed by atoms with van der Waals surface area (Å²) in [4.78, 5) is 21.3. The molecule has 5 rings (SSSR count). The lowest BCUT2D eigenvalue weighted by molar-refractivity contribution is 0.0747. The minimum Gasteiger partial charge on any atom is -0.352 e. The molecule has 0 atom stereocenters. The summed E-state index contributed by atoms with van der Waals surface area (Å²) in [5.41, 5.74) is 2.09. The van der Waals surface area contributed by atoms with E-state index in [1.807, 2.05) is 41.3 Å². The Labute approximate surface area is 159 Å². The minimum atomic E-state index is -0.00568.